The average Bonchev–Trinajstić information content (AvgIpc) is 3.20. The first-order valence-electron chi connectivity index (χ1n) is 7.66. The molecule has 2 aromatic rings. The monoisotopic (exact) mass is 291 g/mol. The lowest BCUT2D eigenvalue weighted by Gasteiger charge is -2.08. The molecule has 0 saturated heterocycles. The summed E-state index contributed by atoms with van der Waals surface area (Å²) in [5, 5.41) is 0.830. The fraction of sp³-hybridized carbons (Fsp3) is 0.562. The highest BCUT2D eigenvalue weighted by atomic mass is 35.5. The van der Waals surface area contributed by atoms with Crippen LogP contribution in [-0.4, -0.2) is 16.1 Å². The number of hydrogen-bond donors (Lipinski definition) is 1. The summed E-state index contributed by atoms with van der Waals surface area (Å²) in [6, 6.07) is 6.65. The van der Waals surface area contributed by atoms with Crippen LogP contribution in [0.2, 0.25) is 5.02 Å². The van der Waals surface area contributed by atoms with E-state index in [1.165, 1.54) is 37.9 Å². The fourth-order valence-electron chi connectivity index (χ4n) is 2.84. The number of aryl methyl sites for hydroxylation is 1. The van der Waals surface area contributed by atoms with Crippen LogP contribution in [0.5, 0.6) is 0 Å². The van der Waals surface area contributed by atoms with Crippen molar-refractivity contribution in [1.29, 1.82) is 0 Å². The molecule has 2 N–H and O–H groups in total. The Morgan fingerprint density at radius 2 is 2.00 bits per heavy atom. The van der Waals surface area contributed by atoms with Gasteiger partial charge in [0.25, 0.3) is 0 Å². The minimum Gasteiger partial charge on any atom is -0.330 e. The highest BCUT2D eigenvalue weighted by Crippen LogP contribution is 2.40. The number of benzene rings is 1. The maximum absolute atomic E-state index is 6.38. The Morgan fingerprint density at radius 1 is 1.20 bits per heavy atom. The summed E-state index contributed by atoms with van der Waals surface area (Å²) in [7, 11) is 0. The third-order valence-corrected chi connectivity index (χ3v) is 4.31. The van der Waals surface area contributed by atoms with Crippen LogP contribution in [0, 0.1) is 0 Å². The minimum atomic E-state index is 0.624. The number of rotatable bonds is 7. The normalized spacial score (nSPS) is 15.1. The Morgan fingerprint density at radius 3 is 2.75 bits per heavy atom. The molecule has 3 rings (SSSR count). The van der Waals surface area contributed by atoms with Gasteiger partial charge in [0.15, 0.2) is 0 Å². The third-order valence-electron chi connectivity index (χ3n) is 4.00. The molecule has 0 unspecified atom stereocenters. The Bertz CT molecular complexity index is 587. The predicted octanol–water partition coefficient (Wildman–Crippen LogP) is 4.09. The summed E-state index contributed by atoms with van der Waals surface area (Å²) in [5.41, 5.74) is 7.71. The van der Waals surface area contributed by atoms with Crippen molar-refractivity contribution in [1.82, 2.24) is 9.55 Å². The Hall–Kier alpha value is -1.06. The number of hydrogen-bond acceptors (Lipinski definition) is 2. The molecule has 1 aliphatic rings. The summed E-state index contributed by atoms with van der Waals surface area (Å²) in [5.74, 6) is 1.21. The topological polar surface area (TPSA) is 43.8 Å². The lowest BCUT2D eigenvalue weighted by molar-refractivity contribution is 0.612. The SMILES string of the molecule is NCCCCCCc1nc2cccc(Cl)c2n1C1CC1. The van der Waals surface area contributed by atoms with Gasteiger partial charge in [0, 0.05) is 12.5 Å². The van der Waals surface area contributed by atoms with Gasteiger partial charge in [0.1, 0.15) is 5.82 Å². The summed E-state index contributed by atoms with van der Waals surface area (Å²) in [6.45, 7) is 0.802. The van der Waals surface area contributed by atoms with Crippen LogP contribution in [0.15, 0.2) is 18.2 Å². The molecular formula is C16H22ClN3. The smallest absolute Gasteiger partial charge is 0.110 e. The van der Waals surface area contributed by atoms with Crippen LogP contribution in [-0.2, 0) is 6.42 Å². The highest BCUT2D eigenvalue weighted by Gasteiger charge is 2.28. The van der Waals surface area contributed by atoms with E-state index in [2.05, 4.69) is 10.6 Å². The number of fused-ring (bicyclic) bond motifs is 1. The molecule has 0 spiro atoms. The van der Waals surface area contributed by atoms with Crippen molar-refractivity contribution in [3.8, 4) is 0 Å². The van der Waals surface area contributed by atoms with E-state index in [-0.39, 0.29) is 0 Å². The predicted molar refractivity (Wildman–Crippen MR) is 84.2 cm³/mol. The lowest BCUT2D eigenvalue weighted by atomic mass is 10.1. The molecule has 1 aromatic carbocycles. The molecule has 20 heavy (non-hydrogen) atoms. The van der Waals surface area contributed by atoms with E-state index in [1.807, 2.05) is 12.1 Å². The zero-order valence-electron chi connectivity index (χ0n) is 11.8. The van der Waals surface area contributed by atoms with Crippen molar-refractivity contribution in [2.24, 2.45) is 5.73 Å². The van der Waals surface area contributed by atoms with E-state index in [0.717, 1.165) is 35.4 Å². The first-order chi connectivity index (χ1) is 9.81. The summed E-state index contributed by atoms with van der Waals surface area (Å²) < 4.78 is 2.39. The van der Waals surface area contributed by atoms with Crippen molar-refractivity contribution in [3.05, 3.63) is 29.0 Å². The van der Waals surface area contributed by atoms with Crippen LogP contribution in [0.4, 0.5) is 0 Å². The number of imidazole rings is 1. The number of para-hydroxylation sites is 1. The second-order valence-corrected chi connectivity index (χ2v) is 6.10. The molecule has 0 aliphatic heterocycles. The van der Waals surface area contributed by atoms with Crippen molar-refractivity contribution in [3.63, 3.8) is 0 Å². The van der Waals surface area contributed by atoms with Crippen LogP contribution in [0.25, 0.3) is 11.0 Å². The van der Waals surface area contributed by atoms with Gasteiger partial charge in [-0.15, -0.1) is 0 Å². The summed E-state index contributed by atoms with van der Waals surface area (Å²) >= 11 is 6.38. The molecule has 0 amide bonds. The number of aromatic nitrogens is 2. The summed E-state index contributed by atoms with van der Waals surface area (Å²) in [6.07, 6.45) is 8.35. The lowest BCUT2D eigenvalue weighted by Crippen LogP contribution is -2.02. The second kappa shape index (κ2) is 6.15. The minimum absolute atomic E-state index is 0.624. The van der Waals surface area contributed by atoms with E-state index in [9.17, 15) is 0 Å². The Kier molecular flexibility index (Phi) is 4.27. The van der Waals surface area contributed by atoms with E-state index < -0.39 is 0 Å². The molecular weight excluding hydrogens is 270 g/mol. The largest absolute Gasteiger partial charge is 0.330 e. The van der Waals surface area contributed by atoms with Crippen LogP contribution < -0.4 is 5.73 Å². The van der Waals surface area contributed by atoms with Crippen molar-refractivity contribution in [2.75, 3.05) is 6.54 Å². The number of nitrogens with zero attached hydrogens (tertiary/aromatic N) is 2. The standard InChI is InChI=1S/C16H22ClN3/c17-13-6-5-7-14-16(13)20(12-9-10-12)15(19-14)8-3-1-2-4-11-18/h5-7,12H,1-4,8-11,18H2. The quantitative estimate of drug-likeness (QED) is 0.781. The molecule has 1 aliphatic carbocycles. The van der Waals surface area contributed by atoms with E-state index in [0.29, 0.717) is 6.04 Å². The molecule has 3 nitrogen and oxygen atoms in total. The van der Waals surface area contributed by atoms with Gasteiger partial charge in [-0.05, 0) is 44.4 Å². The molecule has 108 valence electrons. The molecule has 1 heterocycles. The van der Waals surface area contributed by atoms with Crippen LogP contribution >= 0.6 is 11.6 Å². The summed E-state index contributed by atoms with van der Waals surface area (Å²) in [4.78, 5) is 4.81. The van der Waals surface area contributed by atoms with E-state index in [1.54, 1.807) is 0 Å². The highest BCUT2D eigenvalue weighted by molar-refractivity contribution is 6.35. The van der Waals surface area contributed by atoms with Gasteiger partial charge in [-0.1, -0.05) is 30.5 Å². The molecule has 0 atom stereocenters. The zero-order chi connectivity index (χ0) is 13.9. The van der Waals surface area contributed by atoms with Gasteiger partial charge in [0.2, 0.25) is 0 Å². The zero-order valence-corrected chi connectivity index (χ0v) is 12.6. The maximum Gasteiger partial charge on any atom is 0.110 e. The molecule has 4 heteroatoms. The van der Waals surface area contributed by atoms with Gasteiger partial charge in [-0.3, -0.25) is 0 Å². The van der Waals surface area contributed by atoms with E-state index in [4.69, 9.17) is 22.3 Å². The van der Waals surface area contributed by atoms with Crippen LogP contribution in [0.1, 0.15) is 50.4 Å². The molecule has 0 bridgehead atoms. The first-order valence-corrected chi connectivity index (χ1v) is 8.04. The van der Waals surface area contributed by atoms with E-state index >= 15 is 0 Å². The molecule has 0 radical (unpaired) electrons. The van der Waals surface area contributed by atoms with Gasteiger partial charge >= 0.3 is 0 Å². The van der Waals surface area contributed by atoms with Gasteiger partial charge in [-0.25, -0.2) is 4.98 Å². The Labute approximate surface area is 125 Å². The van der Waals surface area contributed by atoms with Crippen molar-refractivity contribution >= 4 is 22.6 Å². The first kappa shape index (κ1) is 13.9. The Balaban J connectivity index is 1.79. The van der Waals surface area contributed by atoms with Gasteiger partial charge in [-0.2, -0.15) is 0 Å². The molecule has 1 fully saturated rings. The number of nitrogens with two attached hydrogens (primary N) is 1. The van der Waals surface area contributed by atoms with Crippen molar-refractivity contribution < 1.29 is 0 Å². The molecule has 1 aromatic heterocycles. The maximum atomic E-state index is 6.38. The number of halogens is 1. The van der Waals surface area contributed by atoms with Crippen LogP contribution in [0.3, 0.4) is 0 Å². The molecule has 1 saturated carbocycles. The fourth-order valence-corrected chi connectivity index (χ4v) is 3.10. The average molecular weight is 292 g/mol. The van der Waals surface area contributed by atoms with Crippen molar-refractivity contribution in [2.45, 2.75) is 51.0 Å². The second-order valence-electron chi connectivity index (χ2n) is 5.69. The number of unbranched alkanes of at least 4 members (excludes halogenated alkanes) is 3. The van der Waals surface area contributed by atoms with Gasteiger partial charge in [0.05, 0.1) is 16.1 Å². The van der Waals surface area contributed by atoms with Gasteiger partial charge < -0.3 is 10.3 Å². The third kappa shape index (κ3) is 2.84.